The number of sulfonamides is 1. The van der Waals surface area contributed by atoms with Gasteiger partial charge in [0.05, 0.1) is 10.5 Å². The molecule has 0 unspecified atom stereocenters. The van der Waals surface area contributed by atoms with Crippen LogP contribution in [0.1, 0.15) is 11.1 Å². The van der Waals surface area contributed by atoms with E-state index in [0.29, 0.717) is 23.8 Å². The van der Waals surface area contributed by atoms with Crippen molar-refractivity contribution in [3.05, 3.63) is 95.0 Å². The molecule has 0 aliphatic carbocycles. The molecule has 11 heteroatoms. The lowest BCUT2D eigenvalue weighted by molar-refractivity contribution is -0.137. The van der Waals surface area contributed by atoms with E-state index in [0.717, 1.165) is 17.7 Å². The lowest BCUT2D eigenvalue weighted by Gasteiger charge is -2.37. The molecule has 0 spiro atoms. The highest BCUT2D eigenvalue weighted by molar-refractivity contribution is 7.89. The summed E-state index contributed by atoms with van der Waals surface area (Å²) in [6, 6.07) is 18.7. The molecule has 1 N–H and O–H groups in total. The highest BCUT2D eigenvalue weighted by atomic mass is 35.5. The van der Waals surface area contributed by atoms with Gasteiger partial charge in [0.2, 0.25) is 15.9 Å². The third-order valence-electron chi connectivity index (χ3n) is 6.13. The molecule has 1 aliphatic rings. The summed E-state index contributed by atoms with van der Waals surface area (Å²) < 4.78 is 68.0. The number of halogens is 4. The van der Waals surface area contributed by atoms with Gasteiger partial charge in [-0.25, -0.2) is 8.42 Å². The van der Waals surface area contributed by atoms with Gasteiger partial charge in [-0.2, -0.15) is 17.9 Å². The Hall–Kier alpha value is -3.08. The van der Waals surface area contributed by atoms with Crippen molar-refractivity contribution in [2.45, 2.75) is 23.5 Å². The number of benzene rings is 3. The minimum Gasteiger partial charge on any atom is -0.368 e. The second kappa shape index (κ2) is 11.1. The summed E-state index contributed by atoms with van der Waals surface area (Å²) in [5, 5.41) is 0.384. The van der Waals surface area contributed by atoms with E-state index in [-0.39, 0.29) is 24.4 Å². The predicted molar refractivity (Wildman–Crippen MR) is 136 cm³/mol. The van der Waals surface area contributed by atoms with Crippen molar-refractivity contribution in [2.75, 3.05) is 31.1 Å². The lowest BCUT2D eigenvalue weighted by atomic mass is 10.1. The number of alkyl halides is 3. The van der Waals surface area contributed by atoms with Gasteiger partial charge >= 0.3 is 6.18 Å². The van der Waals surface area contributed by atoms with Crippen molar-refractivity contribution in [1.82, 2.24) is 9.62 Å². The Morgan fingerprint density at radius 3 is 2.19 bits per heavy atom. The molecular formula is C26H25ClF3N3O3S. The average Bonchev–Trinajstić information content (AvgIpc) is 2.88. The second-order valence-electron chi connectivity index (χ2n) is 8.68. The summed E-state index contributed by atoms with van der Waals surface area (Å²) in [6.45, 7) is 1.11. The monoisotopic (exact) mass is 551 g/mol. The van der Waals surface area contributed by atoms with E-state index in [1.807, 2.05) is 18.2 Å². The van der Waals surface area contributed by atoms with Gasteiger partial charge in [-0.05, 0) is 54.4 Å². The molecule has 3 aromatic carbocycles. The molecule has 3 aromatic rings. The van der Waals surface area contributed by atoms with Gasteiger partial charge in [-0.1, -0.05) is 48.0 Å². The van der Waals surface area contributed by atoms with Crippen molar-refractivity contribution in [2.24, 2.45) is 0 Å². The number of amides is 1. The minimum absolute atomic E-state index is 0.0165. The molecule has 1 atom stereocenters. The van der Waals surface area contributed by atoms with E-state index in [1.165, 1.54) is 30.3 Å². The van der Waals surface area contributed by atoms with E-state index in [2.05, 4.69) is 4.72 Å². The van der Waals surface area contributed by atoms with Crippen molar-refractivity contribution in [3.8, 4) is 0 Å². The van der Waals surface area contributed by atoms with Gasteiger partial charge in [-0.3, -0.25) is 4.79 Å². The van der Waals surface area contributed by atoms with Crippen molar-refractivity contribution < 1.29 is 26.4 Å². The summed E-state index contributed by atoms with van der Waals surface area (Å²) in [6.07, 6.45) is -4.31. The van der Waals surface area contributed by atoms with Crippen LogP contribution in [0.4, 0.5) is 18.9 Å². The lowest BCUT2D eigenvalue weighted by Crippen LogP contribution is -2.55. The fourth-order valence-electron chi connectivity index (χ4n) is 4.18. The van der Waals surface area contributed by atoms with Crippen molar-refractivity contribution in [3.63, 3.8) is 0 Å². The third-order valence-corrected chi connectivity index (χ3v) is 7.87. The van der Waals surface area contributed by atoms with E-state index >= 15 is 0 Å². The molecule has 0 aromatic heterocycles. The molecule has 0 radical (unpaired) electrons. The quantitative estimate of drug-likeness (QED) is 0.466. The zero-order valence-corrected chi connectivity index (χ0v) is 21.2. The van der Waals surface area contributed by atoms with Crippen LogP contribution in [0.15, 0.2) is 83.8 Å². The molecular weight excluding hydrogens is 527 g/mol. The van der Waals surface area contributed by atoms with Gasteiger partial charge in [0.1, 0.15) is 6.04 Å². The maximum Gasteiger partial charge on any atom is 0.416 e. The zero-order chi connectivity index (χ0) is 26.6. The van der Waals surface area contributed by atoms with Crippen molar-refractivity contribution in [1.29, 1.82) is 0 Å². The molecule has 6 nitrogen and oxygen atoms in total. The van der Waals surface area contributed by atoms with E-state index in [4.69, 9.17) is 11.6 Å². The number of piperazine rings is 1. The SMILES string of the molecule is O=C([C@H](Cc1ccccc1)NS(=O)(=O)c1ccc(Cl)cc1)N1CCN(c2cccc(C(F)(F)F)c2)CC1. The van der Waals surface area contributed by atoms with Crippen molar-refractivity contribution >= 4 is 33.2 Å². The first kappa shape index (κ1) is 27.0. The van der Waals surface area contributed by atoms with Crippen LogP contribution in [0.2, 0.25) is 5.02 Å². The Morgan fingerprint density at radius 2 is 1.57 bits per heavy atom. The molecule has 196 valence electrons. The van der Waals surface area contributed by atoms with Gasteiger partial charge < -0.3 is 9.80 Å². The Morgan fingerprint density at radius 1 is 0.919 bits per heavy atom. The fraction of sp³-hybridized carbons (Fsp3) is 0.269. The minimum atomic E-state index is -4.44. The Balaban J connectivity index is 1.49. The molecule has 37 heavy (non-hydrogen) atoms. The normalized spacial score (nSPS) is 15.5. The largest absolute Gasteiger partial charge is 0.416 e. The first-order chi connectivity index (χ1) is 17.5. The number of rotatable bonds is 7. The summed E-state index contributed by atoms with van der Waals surface area (Å²) in [5.74, 6) is -0.398. The molecule has 1 fully saturated rings. The number of anilines is 1. The summed E-state index contributed by atoms with van der Waals surface area (Å²) in [5.41, 5.74) is 0.469. The van der Waals surface area contributed by atoms with E-state index < -0.39 is 33.7 Å². The standard InChI is InChI=1S/C26H25ClF3N3O3S/c27-21-9-11-23(12-10-21)37(35,36)31-24(17-19-5-2-1-3-6-19)25(34)33-15-13-32(14-16-33)22-8-4-7-20(18-22)26(28,29)30/h1-12,18,24,31H,13-17H2/t24-/m0/s1. The van der Waals surface area contributed by atoms with E-state index in [1.54, 1.807) is 28.0 Å². The number of hydrogen-bond acceptors (Lipinski definition) is 4. The van der Waals surface area contributed by atoms with Gasteiger partial charge in [0.25, 0.3) is 0 Å². The van der Waals surface area contributed by atoms with Crippen LogP contribution in [0, 0.1) is 0 Å². The molecule has 0 bridgehead atoms. The average molecular weight is 552 g/mol. The van der Waals surface area contributed by atoms with Crippen LogP contribution >= 0.6 is 11.6 Å². The first-order valence-electron chi connectivity index (χ1n) is 11.6. The molecule has 4 rings (SSSR count). The molecule has 1 heterocycles. The van der Waals surface area contributed by atoms with Crippen LogP contribution in [0.5, 0.6) is 0 Å². The Kier molecular flexibility index (Phi) is 8.11. The maximum absolute atomic E-state index is 13.5. The fourth-order valence-corrected chi connectivity index (χ4v) is 5.50. The summed E-state index contributed by atoms with van der Waals surface area (Å²) >= 11 is 5.88. The smallest absolute Gasteiger partial charge is 0.368 e. The first-order valence-corrected chi connectivity index (χ1v) is 13.4. The maximum atomic E-state index is 13.5. The Labute approximate surface area is 218 Å². The van der Waals surface area contributed by atoms with Crippen LogP contribution in [-0.4, -0.2) is 51.4 Å². The second-order valence-corrected chi connectivity index (χ2v) is 10.8. The number of hydrogen-bond donors (Lipinski definition) is 1. The highest BCUT2D eigenvalue weighted by Crippen LogP contribution is 2.32. The van der Waals surface area contributed by atoms with Gasteiger partial charge in [-0.15, -0.1) is 0 Å². The molecule has 0 saturated carbocycles. The molecule has 1 saturated heterocycles. The topological polar surface area (TPSA) is 69.7 Å². The van der Waals surface area contributed by atoms with Crippen LogP contribution in [-0.2, 0) is 27.4 Å². The van der Waals surface area contributed by atoms with Crippen LogP contribution < -0.4 is 9.62 Å². The number of nitrogens with zero attached hydrogens (tertiary/aromatic N) is 2. The predicted octanol–water partition coefficient (Wildman–Crippen LogP) is 4.60. The highest BCUT2D eigenvalue weighted by Gasteiger charge is 2.33. The van der Waals surface area contributed by atoms with Crippen LogP contribution in [0.25, 0.3) is 0 Å². The number of carbonyl (C=O) groups excluding carboxylic acids is 1. The summed E-state index contributed by atoms with van der Waals surface area (Å²) in [4.78, 5) is 16.8. The molecule has 1 aliphatic heterocycles. The van der Waals surface area contributed by atoms with E-state index in [9.17, 15) is 26.4 Å². The Bertz CT molecular complexity index is 1330. The summed E-state index contributed by atoms with van der Waals surface area (Å²) in [7, 11) is -4.03. The van der Waals surface area contributed by atoms with Gasteiger partial charge in [0.15, 0.2) is 0 Å². The number of carbonyl (C=O) groups is 1. The number of nitrogens with one attached hydrogen (secondary N) is 1. The van der Waals surface area contributed by atoms with Crippen LogP contribution in [0.3, 0.4) is 0 Å². The van der Waals surface area contributed by atoms with Gasteiger partial charge in [0, 0.05) is 36.9 Å². The zero-order valence-electron chi connectivity index (χ0n) is 19.7. The third kappa shape index (κ3) is 6.82. The molecule has 1 amide bonds.